The standard InChI is InChI=1S/C12H23NO3.C6H5F/c1-9(12(2,3)4)13-7-5-10(6-8-14)16-11(13)15;7-6-4-2-1-3-5-6/h9-10,14H,5-8H2,1-4H3;1-5H. The summed E-state index contributed by atoms with van der Waals surface area (Å²) in [6.45, 7) is 9.20. The lowest BCUT2D eigenvalue weighted by molar-refractivity contribution is -0.0109. The number of hydrogen-bond acceptors (Lipinski definition) is 3. The summed E-state index contributed by atoms with van der Waals surface area (Å²) in [4.78, 5) is 13.6. The molecule has 0 aromatic heterocycles. The Labute approximate surface area is 138 Å². The maximum Gasteiger partial charge on any atom is 0.410 e. The van der Waals surface area contributed by atoms with Gasteiger partial charge in [0, 0.05) is 32.0 Å². The first-order valence-corrected chi connectivity index (χ1v) is 8.04. The quantitative estimate of drug-likeness (QED) is 0.918. The molecular weight excluding hydrogens is 297 g/mol. The molecule has 2 rings (SSSR count). The third-order valence-electron chi connectivity index (χ3n) is 4.10. The number of carbonyl (C=O) groups is 1. The molecule has 1 aromatic carbocycles. The van der Waals surface area contributed by atoms with E-state index in [0.29, 0.717) is 6.42 Å². The van der Waals surface area contributed by atoms with Crippen molar-refractivity contribution >= 4 is 6.09 Å². The topological polar surface area (TPSA) is 49.8 Å². The average molecular weight is 325 g/mol. The maximum absolute atomic E-state index is 11.9. The second-order valence-electron chi connectivity index (χ2n) is 6.84. The molecule has 1 saturated heterocycles. The number of benzene rings is 1. The van der Waals surface area contributed by atoms with Gasteiger partial charge < -0.3 is 14.7 Å². The fraction of sp³-hybridized carbons (Fsp3) is 0.611. The van der Waals surface area contributed by atoms with Gasteiger partial charge in [-0.3, -0.25) is 0 Å². The summed E-state index contributed by atoms with van der Waals surface area (Å²) in [5.41, 5.74) is 0.0584. The van der Waals surface area contributed by atoms with E-state index in [4.69, 9.17) is 9.84 Å². The Hall–Kier alpha value is -1.62. The van der Waals surface area contributed by atoms with Crippen molar-refractivity contribution in [3.8, 4) is 0 Å². The van der Waals surface area contributed by atoms with E-state index in [2.05, 4.69) is 20.8 Å². The number of carbonyl (C=O) groups excluding carboxylic acids is 1. The molecule has 0 spiro atoms. The molecule has 4 nitrogen and oxygen atoms in total. The molecule has 1 amide bonds. The van der Waals surface area contributed by atoms with Gasteiger partial charge in [-0.05, 0) is 24.5 Å². The highest BCUT2D eigenvalue weighted by Crippen LogP contribution is 2.27. The van der Waals surface area contributed by atoms with Crippen molar-refractivity contribution in [2.24, 2.45) is 5.41 Å². The van der Waals surface area contributed by atoms with Gasteiger partial charge in [0.2, 0.25) is 0 Å². The van der Waals surface area contributed by atoms with Gasteiger partial charge in [-0.25, -0.2) is 9.18 Å². The molecule has 1 aromatic rings. The molecule has 130 valence electrons. The van der Waals surface area contributed by atoms with Crippen LogP contribution >= 0.6 is 0 Å². The Morgan fingerprint density at radius 2 is 1.96 bits per heavy atom. The first-order chi connectivity index (χ1) is 10.8. The van der Waals surface area contributed by atoms with Crippen molar-refractivity contribution in [3.63, 3.8) is 0 Å². The number of halogens is 1. The first kappa shape index (κ1) is 19.4. The largest absolute Gasteiger partial charge is 0.446 e. The molecule has 0 radical (unpaired) electrons. The predicted molar refractivity (Wildman–Crippen MR) is 88.6 cm³/mol. The zero-order valence-electron chi connectivity index (χ0n) is 14.5. The lowest BCUT2D eigenvalue weighted by atomic mass is 9.86. The summed E-state index contributed by atoms with van der Waals surface area (Å²) in [5, 5.41) is 8.80. The van der Waals surface area contributed by atoms with E-state index in [-0.39, 0.29) is 36.1 Å². The highest BCUT2D eigenvalue weighted by Gasteiger charge is 2.34. The van der Waals surface area contributed by atoms with E-state index in [1.807, 2.05) is 6.92 Å². The molecule has 2 atom stereocenters. The second-order valence-corrected chi connectivity index (χ2v) is 6.84. The summed E-state index contributed by atoms with van der Waals surface area (Å²) >= 11 is 0. The smallest absolute Gasteiger partial charge is 0.410 e. The minimum absolute atomic E-state index is 0.0584. The summed E-state index contributed by atoms with van der Waals surface area (Å²) in [7, 11) is 0. The zero-order valence-corrected chi connectivity index (χ0v) is 14.5. The van der Waals surface area contributed by atoms with Crippen molar-refractivity contribution in [1.29, 1.82) is 0 Å². The second kappa shape index (κ2) is 8.87. The minimum Gasteiger partial charge on any atom is -0.446 e. The molecule has 0 aliphatic carbocycles. The van der Waals surface area contributed by atoms with Gasteiger partial charge in [0.1, 0.15) is 11.9 Å². The molecular formula is C18H28FNO3. The van der Waals surface area contributed by atoms with E-state index in [1.165, 1.54) is 12.1 Å². The van der Waals surface area contributed by atoms with E-state index in [1.54, 1.807) is 23.1 Å². The fourth-order valence-electron chi connectivity index (χ4n) is 2.22. The Kier molecular flexibility index (Phi) is 7.49. The number of hydrogen-bond donors (Lipinski definition) is 1. The summed E-state index contributed by atoms with van der Waals surface area (Å²) < 4.78 is 17.2. The lowest BCUT2D eigenvalue weighted by Gasteiger charge is -2.41. The van der Waals surface area contributed by atoms with Crippen molar-refractivity contribution in [2.75, 3.05) is 13.2 Å². The van der Waals surface area contributed by atoms with E-state index in [9.17, 15) is 9.18 Å². The van der Waals surface area contributed by atoms with E-state index in [0.717, 1.165) is 13.0 Å². The third kappa shape index (κ3) is 6.57. The number of amides is 1. The van der Waals surface area contributed by atoms with Crippen LogP contribution < -0.4 is 0 Å². The van der Waals surface area contributed by atoms with Crippen molar-refractivity contribution in [3.05, 3.63) is 36.1 Å². The van der Waals surface area contributed by atoms with Crippen LogP contribution in [0.15, 0.2) is 30.3 Å². The number of ether oxygens (including phenoxy) is 1. The zero-order chi connectivity index (χ0) is 17.5. The highest BCUT2D eigenvalue weighted by atomic mass is 19.1. The van der Waals surface area contributed by atoms with Crippen LogP contribution in [0, 0.1) is 11.2 Å². The Bertz CT molecular complexity index is 473. The molecule has 5 heteroatoms. The van der Waals surface area contributed by atoms with Gasteiger partial charge in [-0.2, -0.15) is 0 Å². The van der Waals surface area contributed by atoms with Crippen molar-refractivity contribution < 1.29 is 19.0 Å². The van der Waals surface area contributed by atoms with Gasteiger partial charge in [-0.1, -0.05) is 39.0 Å². The van der Waals surface area contributed by atoms with Gasteiger partial charge >= 0.3 is 6.09 Å². The Balaban J connectivity index is 0.000000313. The first-order valence-electron chi connectivity index (χ1n) is 8.04. The summed E-state index contributed by atoms with van der Waals surface area (Å²) in [5.74, 6) is -0.178. The molecule has 0 bridgehead atoms. The van der Waals surface area contributed by atoms with Gasteiger partial charge in [-0.15, -0.1) is 0 Å². The fourth-order valence-corrected chi connectivity index (χ4v) is 2.22. The highest BCUT2D eigenvalue weighted by molar-refractivity contribution is 5.69. The molecule has 0 saturated carbocycles. The number of nitrogens with zero attached hydrogens (tertiary/aromatic N) is 1. The minimum atomic E-state index is -0.243. The van der Waals surface area contributed by atoms with Crippen LogP contribution in [0.25, 0.3) is 0 Å². The van der Waals surface area contributed by atoms with E-state index >= 15 is 0 Å². The number of rotatable bonds is 3. The molecule has 2 unspecified atom stereocenters. The van der Waals surface area contributed by atoms with Crippen LogP contribution in [-0.2, 0) is 4.74 Å². The van der Waals surface area contributed by atoms with Crippen molar-refractivity contribution in [1.82, 2.24) is 4.90 Å². The van der Waals surface area contributed by atoms with Crippen LogP contribution in [0.3, 0.4) is 0 Å². The molecule has 1 aliphatic rings. The number of aliphatic hydroxyl groups is 1. The van der Waals surface area contributed by atoms with Crippen LogP contribution in [0.5, 0.6) is 0 Å². The molecule has 1 N–H and O–H groups in total. The number of aliphatic hydroxyl groups excluding tert-OH is 1. The van der Waals surface area contributed by atoms with Crippen LogP contribution in [-0.4, -0.2) is 41.4 Å². The summed E-state index contributed by atoms with van der Waals surface area (Å²) in [6, 6.07) is 8.10. The molecule has 1 fully saturated rings. The van der Waals surface area contributed by atoms with E-state index < -0.39 is 0 Å². The SMILES string of the molecule is CC(N1CCC(CCO)OC1=O)C(C)(C)C.Fc1ccccc1. The average Bonchev–Trinajstić information content (AvgIpc) is 2.48. The molecule has 1 aliphatic heterocycles. The monoisotopic (exact) mass is 325 g/mol. The van der Waals surface area contributed by atoms with Gasteiger partial charge in [0.25, 0.3) is 0 Å². The number of cyclic esters (lactones) is 1. The lowest BCUT2D eigenvalue weighted by Crippen LogP contribution is -2.51. The van der Waals surface area contributed by atoms with Gasteiger partial charge in [0.15, 0.2) is 0 Å². The third-order valence-corrected chi connectivity index (χ3v) is 4.10. The molecule has 1 heterocycles. The Morgan fingerprint density at radius 1 is 1.35 bits per heavy atom. The summed E-state index contributed by atoms with van der Waals surface area (Å²) in [6.07, 6.45) is 1.00. The Morgan fingerprint density at radius 3 is 2.35 bits per heavy atom. The van der Waals surface area contributed by atoms with Gasteiger partial charge in [0.05, 0.1) is 0 Å². The van der Waals surface area contributed by atoms with Crippen LogP contribution in [0.1, 0.15) is 40.5 Å². The van der Waals surface area contributed by atoms with Crippen molar-refractivity contribution in [2.45, 2.75) is 52.7 Å². The van der Waals surface area contributed by atoms with Crippen LogP contribution in [0.4, 0.5) is 9.18 Å². The van der Waals surface area contributed by atoms with Crippen LogP contribution in [0.2, 0.25) is 0 Å². The molecule has 23 heavy (non-hydrogen) atoms. The normalized spacial score (nSPS) is 19.5. The predicted octanol–water partition coefficient (Wildman–Crippen LogP) is 3.84. The maximum atomic E-state index is 11.9.